The molecule has 3 rings (SSSR count). The SMILES string of the molecule is CCc1ccccc1NC(=O)CNc1ccc(-n2cnnn2)c(C)c1. The molecule has 0 aliphatic carbocycles. The minimum absolute atomic E-state index is 0.0805. The first-order chi connectivity index (χ1) is 12.2. The number of hydrogen-bond donors (Lipinski definition) is 2. The molecule has 1 aromatic heterocycles. The van der Waals surface area contributed by atoms with E-state index in [1.807, 2.05) is 49.4 Å². The quantitative estimate of drug-likeness (QED) is 0.723. The third-order valence-corrected chi connectivity index (χ3v) is 3.92. The number of carbonyl (C=O) groups is 1. The first-order valence-corrected chi connectivity index (χ1v) is 8.13. The van der Waals surface area contributed by atoms with Crippen LogP contribution in [0.3, 0.4) is 0 Å². The van der Waals surface area contributed by atoms with E-state index >= 15 is 0 Å². The molecule has 128 valence electrons. The van der Waals surface area contributed by atoms with Gasteiger partial charge in [0.15, 0.2) is 0 Å². The third-order valence-electron chi connectivity index (χ3n) is 3.92. The fourth-order valence-corrected chi connectivity index (χ4v) is 2.62. The summed E-state index contributed by atoms with van der Waals surface area (Å²) in [5.41, 5.74) is 4.76. The zero-order valence-corrected chi connectivity index (χ0v) is 14.2. The van der Waals surface area contributed by atoms with Gasteiger partial charge in [0.1, 0.15) is 6.33 Å². The first kappa shape index (κ1) is 16.6. The molecular weight excluding hydrogens is 316 g/mol. The van der Waals surface area contributed by atoms with E-state index in [0.29, 0.717) is 0 Å². The second kappa shape index (κ2) is 7.57. The van der Waals surface area contributed by atoms with Gasteiger partial charge in [-0.1, -0.05) is 25.1 Å². The molecule has 0 aliphatic rings. The fourth-order valence-electron chi connectivity index (χ4n) is 2.62. The second-order valence-electron chi connectivity index (χ2n) is 5.67. The third kappa shape index (κ3) is 4.00. The number of rotatable bonds is 6. The number of tetrazole rings is 1. The molecule has 7 heteroatoms. The van der Waals surface area contributed by atoms with Crippen LogP contribution < -0.4 is 10.6 Å². The Morgan fingerprint density at radius 1 is 1.20 bits per heavy atom. The Labute approximate surface area is 146 Å². The van der Waals surface area contributed by atoms with Crippen LogP contribution in [0.1, 0.15) is 18.1 Å². The van der Waals surface area contributed by atoms with Crippen LogP contribution in [-0.4, -0.2) is 32.7 Å². The van der Waals surface area contributed by atoms with Crippen LogP contribution in [0.4, 0.5) is 11.4 Å². The van der Waals surface area contributed by atoms with Gasteiger partial charge >= 0.3 is 0 Å². The monoisotopic (exact) mass is 336 g/mol. The van der Waals surface area contributed by atoms with Gasteiger partial charge in [-0.3, -0.25) is 4.79 Å². The van der Waals surface area contributed by atoms with Crippen LogP contribution in [0.5, 0.6) is 0 Å². The van der Waals surface area contributed by atoms with Gasteiger partial charge in [0.2, 0.25) is 5.91 Å². The molecule has 0 atom stereocenters. The Bertz CT molecular complexity index is 860. The zero-order chi connectivity index (χ0) is 17.6. The predicted octanol–water partition coefficient (Wildman–Crippen LogP) is 2.58. The molecule has 0 saturated heterocycles. The number of aromatic nitrogens is 4. The summed E-state index contributed by atoms with van der Waals surface area (Å²) in [6, 6.07) is 13.6. The average molecular weight is 336 g/mol. The summed E-state index contributed by atoms with van der Waals surface area (Å²) in [6.45, 7) is 4.24. The largest absolute Gasteiger partial charge is 0.376 e. The van der Waals surface area contributed by atoms with Crippen molar-refractivity contribution in [1.29, 1.82) is 0 Å². The molecule has 2 N–H and O–H groups in total. The minimum Gasteiger partial charge on any atom is -0.376 e. The standard InChI is InChI=1S/C18H20N6O/c1-3-14-6-4-5-7-16(14)21-18(25)11-19-15-8-9-17(13(2)10-15)24-12-20-22-23-24/h4-10,12,19H,3,11H2,1-2H3,(H,21,25). The average Bonchev–Trinajstić information content (AvgIpc) is 3.15. The van der Waals surface area contributed by atoms with Crippen molar-refractivity contribution in [2.24, 2.45) is 0 Å². The summed E-state index contributed by atoms with van der Waals surface area (Å²) in [7, 11) is 0. The number of hydrogen-bond acceptors (Lipinski definition) is 5. The molecule has 0 radical (unpaired) electrons. The maximum Gasteiger partial charge on any atom is 0.243 e. The van der Waals surface area contributed by atoms with E-state index < -0.39 is 0 Å². The number of nitrogens with one attached hydrogen (secondary N) is 2. The highest BCUT2D eigenvalue weighted by Gasteiger charge is 2.07. The van der Waals surface area contributed by atoms with Gasteiger partial charge in [-0.25, -0.2) is 4.68 Å². The molecule has 3 aromatic rings. The van der Waals surface area contributed by atoms with Gasteiger partial charge in [0, 0.05) is 11.4 Å². The zero-order valence-electron chi connectivity index (χ0n) is 14.2. The minimum atomic E-state index is -0.0805. The van der Waals surface area contributed by atoms with E-state index in [2.05, 4.69) is 33.1 Å². The Morgan fingerprint density at radius 3 is 2.76 bits per heavy atom. The summed E-state index contributed by atoms with van der Waals surface area (Å²) in [5.74, 6) is -0.0805. The van der Waals surface area contributed by atoms with E-state index in [1.54, 1.807) is 11.0 Å². The molecule has 2 aromatic carbocycles. The van der Waals surface area contributed by atoms with Gasteiger partial charge < -0.3 is 10.6 Å². The lowest BCUT2D eigenvalue weighted by Crippen LogP contribution is -2.22. The molecular formula is C18H20N6O. The molecule has 0 saturated carbocycles. The van der Waals surface area contributed by atoms with Gasteiger partial charge in [-0.15, -0.1) is 5.10 Å². The fraction of sp³-hybridized carbons (Fsp3) is 0.222. The Morgan fingerprint density at radius 2 is 2.04 bits per heavy atom. The lowest BCUT2D eigenvalue weighted by Gasteiger charge is -2.12. The lowest BCUT2D eigenvalue weighted by atomic mass is 10.1. The van der Waals surface area contributed by atoms with Gasteiger partial charge in [-0.05, 0) is 59.2 Å². The molecule has 1 heterocycles. The number of aryl methyl sites for hydroxylation is 2. The maximum atomic E-state index is 12.2. The van der Waals surface area contributed by atoms with Crippen molar-refractivity contribution in [1.82, 2.24) is 20.2 Å². The van der Waals surface area contributed by atoms with Crippen LogP contribution in [-0.2, 0) is 11.2 Å². The van der Waals surface area contributed by atoms with Gasteiger partial charge in [-0.2, -0.15) is 0 Å². The highest BCUT2D eigenvalue weighted by atomic mass is 16.1. The van der Waals surface area contributed by atoms with Crippen molar-refractivity contribution in [2.75, 3.05) is 17.2 Å². The molecule has 1 amide bonds. The van der Waals surface area contributed by atoms with Crippen LogP contribution in [0, 0.1) is 6.92 Å². The van der Waals surface area contributed by atoms with E-state index in [9.17, 15) is 4.79 Å². The van der Waals surface area contributed by atoms with E-state index in [0.717, 1.165) is 34.6 Å². The van der Waals surface area contributed by atoms with E-state index in [1.165, 1.54) is 0 Å². The molecule has 0 aliphatic heterocycles. The lowest BCUT2D eigenvalue weighted by molar-refractivity contribution is -0.114. The summed E-state index contributed by atoms with van der Waals surface area (Å²) in [5, 5.41) is 17.3. The van der Waals surface area contributed by atoms with E-state index in [-0.39, 0.29) is 12.5 Å². The smallest absolute Gasteiger partial charge is 0.243 e. The number of carbonyl (C=O) groups excluding carboxylic acids is 1. The summed E-state index contributed by atoms with van der Waals surface area (Å²) in [6.07, 6.45) is 2.43. The van der Waals surface area contributed by atoms with E-state index in [4.69, 9.17) is 0 Å². The molecule has 25 heavy (non-hydrogen) atoms. The molecule has 0 fully saturated rings. The van der Waals surface area contributed by atoms with Crippen molar-refractivity contribution in [3.05, 3.63) is 59.9 Å². The number of amides is 1. The number of para-hydroxylation sites is 1. The molecule has 7 nitrogen and oxygen atoms in total. The maximum absolute atomic E-state index is 12.2. The normalized spacial score (nSPS) is 10.5. The highest BCUT2D eigenvalue weighted by molar-refractivity contribution is 5.94. The van der Waals surface area contributed by atoms with Crippen LogP contribution in [0.15, 0.2) is 48.8 Å². The number of anilines is 2. The van der Waals surface area contributed by atoms with Crippen molar-refractivity contribution in [3.8, 4) is 5.69 Å². The first-order valence-electron chi connectivity index (χ1n) is 8.13. The molecule has 0 spiro atoms. The number of nitrogens with zero attached hydrogens (tertiary/aromatic N) is 4. The second-order valence-corrected chi connectivity index (χ2v) is 5.67. The molecule has 0 bridgehead atoms. The summed E-state index contributed by atoms with van der Waals surface area (Å²) < 4.78 is 1.60. The summed E-state index contributed by atoms with van der Waals surface area (Å²) >= 11 is 0. The predicted molar refractivity (Wildman–Crippen MR) is 96.8 cm³/mol. The van der Waals surface area contributed by atoms with Crippen LogP contribution in [0.2, 0.25) is 0 Å². The highest BCUT2D eigenvalue weighted by Crippen LogP contribution is 2.18. The van der Waals surface area contributed by atoms with Crippen molar-refractivity contribution in [3.63, 3.8) is 0 Å². The Hall–Kier alpha value is -3.22. The Balaban J connectivity index is 1.61. The van der Waals surface area contributed by atoms with Crippen molar-refractivity contribution in [2.45, 2.75) is 20.3 Å². The Kier molecular flexibility index (Phi) is 5.03. The van der Waals surface area contributed by atoms with Gasteiger partial charge in [0.25, 0.3) is 0 Å². The summed E-state index contributed by atoms with van der Waals surface area (Å²) in [4.78, 5) is 12.2. The topological polar surface area (TPSA) is 84.7 Å². The van der Waals surface area contributed by atoms with Crippen LogP contribution in [0.25, 0.3) is 5.69 Å². The molecule has 0 unspecified atom stereocenters. The van der Waals surface area contributed by atoms with Crippen LogP contribution >= 0.6 is 0 Å². The van der Waals surface area contributed by atoms with Gasteiger partial charge in [0.05, 0.1) is 12.2 Å². The number of benzene rings is 2. The van der Waals surface area contributed by atoms with Crippen molar-refractivity contribution < 1.29 is 4.79 Å². The van der Waals surface area contributed by atoms with Crippen molar-refractivity contribution >= 4 is 17.3 Å².